The maximum Gasteiger partial charge on any atom is 0.254 e. The van der Waals surface area contributed by atoms with E-state index >= 15 is 0 Å². The number of likely N-dealkylation sites (tertiary alicyclic amines) is 1. The molecule has 7 heteroatoms. The number of hydrogen-bond donors (Lipinski definition) is 0. The quantitative estimate of drug-likeness (QED) is 0.687. The van der Waals surface area contributed by atoms with Crippen LogP contribution in [0.15, 0.2) is 59.5 Å². The molecule has 31 heavy (non-hydrogen) atoms. The van der Waals surface area contributed by atoms with Crippen LogP contribution < -0.4 is 0 Å². The van der Waals surface area contributed by atoms with Gasteiger partial charge in [0.2, 0.25) is 10.0 Å². The van der Waals surface area contributed by atoms with Crippen LogP contribution in [0.2, 0.25) is 0 Å². The first-order chi connectivity index (χ1) is 15.0. The molecule has 166 valence electrons. The average molecular weight is 443 g/mol. The Morgan fingerprint density at radius 3 is 2.35 bits per heavy atom. The third kappa shape index (κ3) is 4.54. The minimum absolute atomic E-state index is 0.0211. The zero-order valence-electron chi connectivity index (χ0n) is 17.9. The third-order valence-electron chi connectivity index (χ3n) is 6.40. The van der Waals surface area contributed by atoms with Crippen LogP contribution in [0.3, 0.4) is 0 Å². The molecule has 2 fully saturated rings. The van der Waals surface area contributed by atoms with Gasteiger partial charge in [-0.3, -0.25) is 4.79 Å². The van der Waals surface area contributed by atoms with E-state index in [-0.39, 0.29) is 16.8 Å². The molecule has 4 rings (SSSR count). The van der Waals surface area contributed by atoms with E-state index in [0.29, 0.717) is 37.8 Å². The summed E-state index contributed by atoms with van der Waals surface area (Å²) in [5.41, 5.74) is 1.80. The molecule has 0 radical (unpaired) electrons. The van der Waals surface area contributed by atoms with E-state index in [9.17, 15) is 13.2 Å². The molecular weight excluding hydrogens is 412 g/mol. The predicted octanol–water partition coefficient (Wildman–Crippen LogP) is 3.51. The van der Waals surface area contributed by atoms with Crippen molar-refractivity contribution >= 4 is 15.9 Å². The number of ether oxygens (including phenoxy) is 1. The van der Waals surface area contributed by atoms with E-state index in [1.807, 2.05) is 23.1 Å². The van der Waals surface area contributed by atoms with Gasteiger partial charge in [0, 0.05) is 37.2 Å². The molecule has 0 saturated carbocycles. The third-order valence-corrected chi connectivity index (χ3v) is 8.31. The number of amides is 1. The molecule has 2 aliphatic rings. The standard InChI is InChI=1S/C24H30N2O4S/c1-2-22(19-7-4-3-5-8-19)23-9-6-14-26(23)24(27)20-10-12-21(13-11-20)31(28,29)25-15-17-30-18-16-25/h3-5,7-8,10-13,22-23H,2,6,9,14-18H2,1H3/t22-,23+/m1/s1. The summed E-state index contributed by atoms with van der Waals surface area (Å²) in [5.74, 6) is 0.279. The molecule has 6 nitrogen and oxygen atoms in total. The van der Waals surface area contributed by atoms with Crippen LogP contribution in [0.4, 0.5) is 0 Å². The number of benzene rings is 2. The van der Waals surface area contributed by atoms with Crippen LogP contribution >= 0.6 is 0 Å². The fraction of sp³-hybridized carbons (Fsp3) is 0.458. The van der Waals surface area contributed by atoms with Crippen LogP contribution in [0.5, 0.6) is 0 Å². The lowest BCUT2D eigenvalue weighted by molar-refractivity contribution is 0.0714. The summed E-state index contributed by atoms with van der Waals surface area (Å²) in [6.45, 7) is 4.44. The van der Waals surface area contributed by atoms with Gasteiger partial charge in [-0.15, -0.1) is 0 Å². The van der Waals surface area contributed by atoms with Crippen molar-refractivity contribution in [2.24, 2.45) is 0 Å². The second kappa shape index (κ2) is 9.51. The zero-order valence-corrected chi connectivity index (χ0v) is 18.8. The van der Waals surface area contributed by atoms with Gasteiger partial charge in [0.25, 0.3) is 5.91 Å². The molecule has 0 spiro atoms. The van der Waals surface area contributed by atoms with E-state index in [4.69, 9.17) is 4.74 Å². The second-order valence-electron chi connectivity index (χ2n) is 8.17. The number of morpholine rings is 1. The van der Waals surface area contributed by atoms with Crippen LogP contribution in [0.25, 0.3) is 0 Å². The summed E-state index contributed by atoms with van der Waals surface area (Å²) in [6.07, 6.45) is 2.95. The summed E-state index contributed by atoms with van der Waals surface area (Å²) in [5, 5.41) is 0. The lowest BCUT2D eigenvalue weighted by Crippen LogP contribution is -2.40. The summed E-state index contributed by atoms with van der Waals surface area (Å²) in [6, 6.07) is 17.0. The summed E-state index contributed by atoms with van der Waals surface area (Å²) in [7, 11) is -3.56. The van der Waals surface area contributed by atoms with Gasteiger partial charge in [-0.25, -0.2) is 8.42 Å². The Hall–Kier alpha value is -2.22. The normalized spacial score (nSPS) is 21.2. The Labute approximate surface area is 184 Å². The van der Waals surface area contributed by atoms with Gasteiger partial charge < -0.3 is 9.64 Å². The molecule has 2 heterocycles. The first kappa shape index (κ1) is 22.0. The number of rotatable bonds is 6. The zero-order chi connectivity index (χ0) is 21.8. The van der Waals surface area contributed by atoms with Gasteiger partial charge in [-0.1, -0.05) is 37.3 Å². The van der Waals surface area contributed by atoms with Crippen molar-refractivity contribution < 1.29 is 17.9 Å². The number of carbonyl (C=O) groups excluding carboxylic acids is 1. The topological polar surface area (TPSA) is 66.9 Å². The largest absolute Gasteiger partial charge is 0.379 e. The fourth-order valence-corrected chi connectivity index (χ4v) is 6.17. The molecule has 0 bridgehead atoms. The van der Waals surface area contributed by atoms with Crippen LogP contribution in [0, 0.1) is 0 Å². The highest BCUT2D eigenvalue weighted by Crippen LogP contribution is 2.34. The first-order valence-corrected chi connectivity index (χ1v) is 12.5. The minimum Gasteiger partial charge on any atom is -0.379 e. The molecule has 0 unspecified atom stereocenters. The smallest absolute Gasteiger partial charge is 0.254 e. The maximum absolute atomic E-state index is 13.3. The van der Waals surface area contributed by atoms with Crippen molar-refractivity contribution in [2.75, 3.05) is 32.8 Å². The Balaban J connectivity index is 1.52. The second-order valence-corrected chi connectivity index (χ2v) is 10.1. The number of hydrogen-bond acceptors (Lipinski definition) is 4. The van der Waals surface area contributed by atoms with E-state index < -0.39 is 10.0 Å². The summed E-state index contributed by atoms with van der Waals surface area (Å²) >= 11 is 0. The van der Waals surface area contributed by atoms with Crippen molar-refractivity contribution in [3.05, 3.63) is 65.7 Å². The monoisotopic (exact) mass is 442 g/mol. The van der Waals surface area contributed by atoms with E-state index in [0.717, 1.165) is 25.8 Å². The van der Waals surface area contributed by atoms with Crippen LogP contribution in [-0.4, -0.2) is 62.4 Å². The molecule has 0 aliphatic carbocycles. The Kier molecular flexibility index (Phi) is 6.74. The number of sulfonamides is 1. The Morgan fingerprint density at radius 1 is 1.03 bits per heavy atom. The fourth-order valence-electron chi connectivity index (χ4n) is 4.76. The Bertz CT molecular complexity index is 986. The SMILES string of the molecule is CC[C@H](c1ccccc1)[C@@H]1CCCN1C(=O)c1ccc(S(=O)(=O)N2CCOCC2)cc1. The van der Waals surface area contributed by atoms with Crippen molar-refractivity contribution in [2.45, 2.75) is 43.0 Å². The molecule has 2 aromatic carbocycles. The van der Waals surface area contributed by atoms with E-state index in [1.165, 1.54) is 9.87 Å². The summed E-state index contributed by atoms with van der Waals surface area (Å²) < 4.78 is 32.4. The maximum atomic E-state index is 13.3. The van der Waals surface area contributed by atoms with Gasteiger partial charge in [-0.05, 0) is 49.1 Å². The van der Waals surface area contributed by atoms with Crippen molar-refractivity contribution in [1.82, 2.24) is 9.21 Å². The van der Waals surface area contributed by atoms with Gasteiger partial charge in [0.1, 0.15) is 0 Å². The highest BCUT2D eigenvalue weighted by Gasteiger charge is 2.35. The molecule has 0 N–H and O–H groups in total. The van der Waals surface area contributed by atoms with E-state index in [1.54, 1.807) is 24.3 Å². The predicted molar refractivity (Wildman–Crippen MR) is 120 cm³/mol. The van der Waals surface area contributed by atoms with Gasteiger partial charge in [0.15, 0.2) is 0 Å². The molecular formula is C24H30N2O4S. The molecule has 2 aromatic rings. The number of nitrogens with zero attached hydrogens (tertiary/aromatic N) is 2. The highest BCUT2D eigenvalue weighted by molar-refractivity contribution is 7.89. The van der Waals surface area contributed by atoms with Gasteiger partial charge in [-0.2, -0.15) is 4.31 Å². The van der Waals surface area contributed by atoms with Crippen molar-refractivity contribution in [3.8, 4) is 0 Å². The van der Waals surface area contributed by atoms with Crippen LogP contribution in [0.1, 0.15) is 48.0 Å². The molecule has 2 atom stereocenters. The Morgan fingerprint density at radius 2 is 1.71 bits per heavy atom. The molecule has 2 aliphatic heterocycles. The lowest BCUT2D eigenvalue weighted by atomic mass is 9.87. The first-order valence-electron chi connectivity index (χ1n) is 11.1. The summed E-state index contributed by atoms with van der Waals surface area (Å²) in [4.78, 5) is 15.5. The lowest BCUT2D eigenvalue weighted by Gasteiger charge is -2.32. The molecule has 0 aromatic heterocycles. The molecule has 2 saturated heterocycles. The van der Waals surface area contributed by atoms with Gasteiger partial charge in [0.05, 0.1) is 18.1 Å². The van der Waals surface area contributed by atoms with E-state index in [2.05, 4.69) is 19.1 Å². The van der Waals surface area contributed by atoms with Crippen molar-refractivity contribution in [3.63, 3.8) is 0 Å². The average Bonchev–Trinajstić information content (AvgIpc) is 3.30. The molecule has 1 amide bonds. The minimum atomic E-state index is -3.56. The highest BCUT2D eigenvalue weighted by atomic mass is 32.2. The van der Waals surface area contributed by atoms with Crippen LogP contribution in [-0.2, 0) is 14.8 Å². The van der Waals surface area contributed by atoms with Gasteiger partial charge >= 0.3 is 0 Å². The van der Waals surface area contributed by atoms with Crippen molar-refractivity contribution in [1.29, 1.82) is 0 Å². The number of carbonyl (C=O) groups is 1.